The van der Waals surface area contributed by atoms with Crippen LogP contribution in [0.25, 0.3) is 0 Å². The molecule has 82 valence electrons. The van der Waals surface area contributed by atoms with E-state index in [1.165, 1.54) is 7.11 Å². The van der Waals surface area contributed by atoms with E-state index in [9.17, 15) is 9.90 Å². The number of hydrogen-bond acceptors (Lipinski definition) is 3. The van der Waals surface area contributed by atoms with Crippen LogP contribution >= 0.6 is 0 Å². The molecule has 0 saturated heterocycles. The monoisotopic (exact) mass is 208 g/mol. The van der Waals surface area contributed by atoms with Gasteiger partial charge in [-0.3, -0.25) is 0 Å². The van der Waals surface area contributed by atoms with Gasteiger partial charge in [-0.2, -0.15) is 0 Å². The van der Waals surface area contributed by atoms with Crippen molar-refractivity contribution in [1.29, 1.82) is 0 Å². The fourth-order valence-electron chi connectivity index (χ4n) is 1.45. The summed E-state index contributed by atoms with van der Waals surface area (Å²) in [6.45, 7) is 1.97. The summed E-state index contributed by atoms with van der Waals surface area (Å²) >= 11 is 0. The minimum Gasteiger partial charge on any atom is -0.504 e. The Hall–Kier alpha value is -1.51. The zero-order valence-electron chi connectivity index (χ0n) is 9.06. The van der Waals surface area contributed by atoms with E-state index in [0.717, 1.165) is 18.3 Å². The molecule has 1 aromatic carbocycles. The Morgan fingerprint density at radius 2 is 2.27 bits per heavy atom. The lowest BCUT2D eigenvalue weighted by Gasteiger charge is -2.09. The van der Waals surface area contributed by atoms with Gasteiger partial charge < -0.3 is 14.6 Å². The Morgan fingerprint density at radius 1 is 1.53 bits per heavy atom. The third-order valence-electron chi connectivity index (χ3n) is 2.46. The lowest BCUT2D eigenvalue weighted by molar-refractivity contribution is -0.111. The van der Waals surface area contributed by atoms with E-state index in [2.05, 4.69) is 0 Å². The predicted octanol–water partition coefficient (Wildman–Crippen LogP) is 2.17. The smallest absolute Gasteiger partial charge is 0.160 e. The largest absolute Gasteiger partial charge is 0.504 e. The van der Waals surface area contributed by atoms with Gasteiger partial charge in [-0.1, -0.05) is 13.0 Å². The van der Waals surface area contributed by atoms with E-state index >= 15 is 0 Å². The average molecular weight is 208 g/mol. The molecule has 0 aliphatic carbocycles. The van der Waals surface area contributed by atoms with E-state index in [1.54, 1.807) is 12.1 Å². The maximum atomic E-state index is 10.7. The maximum Gasteiger partial charge on any atom is 0.160 e. The number of methoxy groups -OCH3 is 1. The highest BCUT2D eigenvalue weighted by atomic mass is 16.5. The van der Waals surface area contributed by atoms with Crippen LogP contribution in [0, 0.1) is 5.92 Å². The van der Waals surface area contributed by atoms with Gasteiger partial charge >= 0.3 is 0 Å². The summed E-state index contributed by atoms with van der Waals surface area (Å²) in [5, 5.41) is 9.54. The molecule has 1 aromatic rings. The van der Waals surface area contributed by atoms with Crippen LogP contribution in [0.5, 0.6) is 11.5 Å². The number of ether oxygens (including phenoxy) is 1. The summed E-state index contributed by atoms with van der Waals surface area (Å²) in [6.07, 6.45) is 2.44. The van der Waals surface area contributed by atoms with Gasteiger partial charge in [-0.05, 0) is 30.5 Å². The van der Waals surface area contributed by atoms with Crippen LogP contribution < -0.4 is 4.74 Å². The number of rotatable bonds is 5. The zero-order chi connectivity index (χ0) is 11.3. The fraction of sp³-hybridized carbons (Fsp3) is 0.417. The first-order valence-electron chi connectivity index (χ1n) is 5.02. The van der Waals surface area contributed by atoms with E-state index in [4.69, 9.17) is 4.74 Å². The van der Waals surface area contributed by atoms with Crippen molar-refractivity contribution >= 4 is 6.29 Å². The lowest BCUT2D eigenvalue weighted by Crippen LogP contribution is -2.04. The van der Waals surface area contributed by atoms with Crippen LogP contribution in [-0.2, 0) is 11.2 Å². The van der Waals surface area contributed by atoms with Crippen LogP contribution in [0.3, 0.4) is 0 Å². The van der Waals surface area contributed by atoms with Gasteiger partial charge in [-0.15, -0.1) is 0 Å². The molecule has 0 heterocycles. The molecule has 3 nitrogen and oxygen atoms in total. The summed E-state index contributed by atoms with van der Waals surface area (Å²) in [6, 6.07) is 5.22. The molecule has 0 radical (unpaired) electrons. The van der Waals surface area contributed by atoms with Gasteiger partial charge in [0.15, 0.2) is 11.5 Å². The molecule has 0 fully saturated rings. The molecule has 1 atom stereocenters. The number of carbonyl (C=O) groups is 1. The Kier molecular flexibility index (Phi) is 4.16. The van der Waals surface area contributed by atoms with Crippen molar-refractivity contribution in [2.24, 2.45) is 5.92 Å². The maximum absolute atomic E-state index is 10.7. The SMILES string of the molecule is CCC(C=O)Cc1ccc(OC)c(O)c1. The molecule has 0 aliphatic rings. The van der Waals surface area contributed by atoms with Gasteiger partial charge in [0.05, 0.1) is 7.11 Å². The van der Waals surface area contributed by atoms with Crippen LogP contribution in [0.2, 0.25) is 0 Å². The Morgan fingerprint density at radius 3 is 2.73 bits per heavy atom. The first-order chi connectivity index (χ1) is 7.21. The normalized spacial score (nSPS) is 12.1. The van der Waals surface area contributed by atoms with Crippen LogP contribution in [0.4, 0.5) is 0 Å². The third kappa shape index (κ3) is 2.98. The molecule has 1 N–H and O–H groups in total. The topological polar surface area (TPSA) is 46.5 Å². The third-order valence-corrected chi connectivity index (χ3v) is 2.46. The van der Waals surface area contributed by atoms with Gasteiger partial charge in [-0.25, -0.2) is 0 Å². The summed E-state index contributed by atoms with van der Waals surface area (Å²) in [5.41, 5.74) is 0.951. The van der Waals surface area contributed by atoms with Crippen molar-refractivity contribution in [3.05, 3.63) is 23.8 Å². The minimum atomic E-state index is 0.0257. The van der Waals surface area contributed by atoms with Gasteiger partial charge in [0, 0.05) is 5.92 Å². The molecule has 1 unspecified atom stereocenters. The quantitative estimate of drug-likeness (QED) is 0.754. The average Bonchev–Trinajstić information content (AvgIpc) is 2.26. The summed E-state index contributed by atoms with van der Waals surface area (Å²) in [7, 11) is 1.51. The van der Waals surface area contributed by atoms with Gasteiger partial charge in [0.25, 0.3) is 0 Å². The molecular formula is C12H16O3. The molecular weight excluding hydrogens is 192 g/mol. The molecule has 15 heavy (non-hydrogen) atoms. The number of phenols is 1. The summed E-state index contributed by atoms with van der Waals surface area (Å²) < 4.78 is 4.94. The van der Waals surface area contributed by atoms with Crippen molar-refractivity contribution in [3.63, 3.8) is 0 Å². The standard InChI is InChI=1S/C12H16O3/c1-3-9(8-13)6-10-4-5-12(15-2)11(14)7-10/h4-5,7-9,14H,3,6H2,1-2H3. The number of hydrogen-bond donors (Lipinski definition) is 1. The second-order valence-electron chi connectivity index (χ2n) is 3.51. The second-order valence-corrected chi connectivity index (χ2v) is 3.51. The van der Waals surface area contributed by atoms with E-state index in [1.807, 2.05) is 13.0 Å². The van der Waals surface area contributed by atoms with Crippen molar-refractivity contribution in [2.45, 2.75) is 19.8 Å². The second kappa shape index (κ2) is 5.39. The minimum absolute atomic E-state index is 0.0257. The number of aromatic hydroxyl groups is 1. The molecule has 3 heteroatoms. The van der Waals surface area contributed by atoms with Crippen molar-refractivity contribution in [1.82, 2.24) is 0 Å². The Balaban J connectivity index is 2.78. The Labute approximate surface area is 89.7 Å². The fourth-order valence-corrected chi connectivity index (χ4v) is 1.45. The molecule has 0 spiro atoms. The molecule has 0 aliphatic heterocycles. The first kappa shape index (κ1) is 11.6. The molecule has 0 aromatic heterocycles. The van der Waals surface area contributed by atoms with Crippen LogP contribution in [0.1, 0.15) is 18.9 Å². The van der Waals surface area contributed by atoms with E-state index in [0.29, 0.717) is 12.2 Å². The number of benzene rings is 1. The van der Waals surface area contributed by atoms with Crippen LogP contribution in [-0.4, -0.2) is 18.5 Å². The van der Waals surface area contributed by atoms with Crippen molar-refractivity contribution in [2.75, 3.05) is 7.11 Å². The van der Waals surface area contributed by atoms with Gasteiger partial charge in [0.1, 0.15) is 6.29 Å². The highest BCUT2D eigenvalue weighted by Crippen LogP contribution is 2.27. The van der Waals surface area contributed by atoms with E-state index < -0.39 is 0 Å². The summed E-state index contributed by atoms with van der Waals surface area (Å²) in [5.74, 6) is 0.603. The van der Waals surface area contributed by atoms with Gasteiger partial charge in [0.2, 0.25) is 0 Å². The molecule has 0 amide bonds. The highest BCUT2D eigenvalue weighted by Gasteiger charge is 2.08. The lowest BCUT2D eigenvalue weighted by atomic mass is 9.98. The number of phenolic OH excluding ortho intramolecular Hbond substituents is 1. The summed E-state index contributed by atoms with van der Waals surface area (Å²) in [4.78, 5) is 10.7. The predicted molar refractivity (Wildman–Crippen MR) is 58.2 cm³/mol. The van der Waals surface area contributed by atoms with Crippen LogP contribution in [0.15, 0.2) is 18.2 Å². The molecule has 0 saturated carbocycles. The first-order valence-corrected chi connectivity index (χ1v) is 5.02. The molecule has 0 bridgehead atoms. The highest BCUT2D eigenvalue weighted by molar-refractivity contribution is 5.54. The van der Waals surface area contributed by atoms with E-state index in [-0.39, 0.29) is 11.7 Å². The number of aldehydes is 1. The van der Waals surface area contributed by atoms with Crippen molar-refractivity contribution < 1.29 is 14.6 Å². The zero-order valence-corrected chi connectivity index (χ0v) is 9.06. The number of carbonyl (C=O) groups excluding carboxylic acids is 1. The Bertz CT molecular complexity index is 334. The van der Waals surface area contributed by atoms with Crippen molar-refractivity contribution in [3.8, 4) is 11.5 Å². The molecule has 1 rings (SSSR count).